The van der Waals surface area contributed by atoms with Crippen molar-refractivity contribution in [3.05, 3.63) is 59.4 Å². The fourth-order valence-electron chi connectivity index (χ4n) is 1.79. The van der Waals surface area contributed by atoms with Crippen LogP contribution in [-0.2, 0) is 16.6 Å². The number of halogens is 1. The van der Waals surface area contributed by atoms with Crippen LogP contribution in [-0.4, -0.2) is 24.3 Å². The minimum Gasteiger partial charge on any atom is -0.243 e. The second-order valence-electron chi connectivity index (χ2n) is 4.21. The first-order valence-electron chi connectivity index (χ1n) is 6.07. The third-order valence-corrected chi connectivity index (χ3v) is 5.03. The predicted octanol–water partition coefficient (Wildman–Crippen LogP) is 2.45. The van der Waals surface area contributed by atoms with Crippen LogP contribution in [0, 0.1) is 11.3 Å². The standard InChI is InChI=1S/C14H12ClN3O2S/c15-14-13(7-4-9-17-14)21(19,20)18(10-8-16)11-12-5-2-1-3-6-12/h1-7,9H,10-11H2. The third-order valence-electron chi connectivity index (χ3n) is 2.79. The van der Waals surface area contributed by atoms with Crippen LogP contribution >= 0.6 is 11.6 Å². The van der Waals surface area contributed by atoms with Gasteiger partial charge in [-0.2, -0.15) is 9.57 Å². The molecule has 0 aliphatic carbocycles. The molecule has 2 rings (SSSR count). The second-order valence-corrected chi connectivity index (χ2v) is 6.47. The molecular weight excluding hydrogens is 310 g/mol. The number of hydrogen-bond acceptors (Lipinski definition) is 4. The Kier molecular flexibility index (Phi) is 4.91. The first-order valence-corrected chi connectivity index (χ1v) is 7.89. The summed E-state index contributed by atoms with van der Waals surface area (Å²) in [6.07, 6.45) is 1.41. The molecule has 5 nitrogen and oxygen atoms in total. The summed E-state index contributed by atoms with van der Waals surface area (Å²) in [4.78, 5) is 3.67. The van der Waals surface area contributed by atoms with Crippen molar-refractivity contribution in [2.45, 2.75) is 11.4 Å². The Bertz CT molecular complexity index is 757. The van der Waals surface area contributed by atoms with Crippen molar-refractivity contribution in [3.8, 4) is 6.07 Å². The van der Waals surface area contributed by atoms with E-state index >= 15 is 0 Å². The van der Waals surface area contributed by atoms with E-state index in [-0.39, 0.29) is 23.1 Å². The summed E-state index contributed by atoms with van der Waals surface area (Å²) in [5, 5.41) is 8.79. The van der Waals surface area contributed by atoms with Crippen molar-refractivity contribution in [1.29, 1.82) is 5.26 Å². The minimum atomic E-state index is -3.88. The predicted molar refractivity (Wildman–Crippen MR) is 78.9 cm³/mol. The van der Waals surface area contributed by atoms with Crippen LogP contribution in [0.1, 0.15) is 5.56 Å². The van der Waals surface area contributed by atoms with Crippen LogP contribution in [0.15, 0.2) is 53.6 Å². The first-order chi connectivity index (χ1) is 10.1. The molecular formula is C14H12ClN3O2S. The van der Waals surface area contributed by atoms with E-state index in [4.69, 9.17) is 16.9 Å². The lowest BCUT2D eigenvalue weighted by atomic mass is 10.2. The average molecular weight is 322 g/mol. The summed E-state index contributed by atoms with van der Waals surface area (Å²) < 4.78 is 26.3. The quantitative estimate of drug-likeness (QED) is 0.626. The molecule has 0 N–H and O–H groups in total. The maximum Gasteiger partial charge on any atom is 0.247 e. The zero-order chi connectivity index (χ0) is 15.3. The number of hydrogen-bond donors (Lipinski definition) is 0. The second kappa shape index (κ2) is 6.68. The number of pyridine rings is 1. The molecule has 108 valence electrons. The van der Waals surface area contributed by atoms with Gasteiger partial charge in [0.15, 0.2) is 0 Å². The summed E-state index contributed by atoms with van der Waals surface area (Å²) in [6.45, 7) is -0.162. The van der Waals surface area contributed by atoms with E-state index in [1.54, 1.807) is 12.1 Å². The zero-order valence-corrected chi connectivity index (χ0v) is 12.5. The fraction of sp³-hybridized carbons (Fsp3) is 0.143. The van der Waals surface area contributed by atoms with Gasteiger partial charge in [0.2, 0.25) is 10.0 Å². The number of aromatic nitrogens is 1. The molecule has 1 heterocycles. The van der Waals surface area contributed by atoms with Gasteiger partial charge < -0.3 is 0 Å². The molecule has 2 aromatic rings. The van der Waals surface area contributed by atoms with Gasteiger partial charge in [0, 0.05) is 12.7 Å². The fourth-order valence-corrected chi connectivity index (χ4v) is 3.55. The van der Waals surface area contributed by atoms with Crippen molar-refractivity contribution in [1.82, 2.24) is 9.29 Å². The van der Waals surface area contributed by atoms with Crippen LogP contribution in [0.2, 0.25) is 5.15 Å². The lowest BCUT2D eigenvalue weighted by Crippen LogP contribution is -2.31. The van der Waals surface area contributed by atoms with Crippen LogP contribution in [0.5, 0.6) is 0 Å². The summed E-state index contributed by atoms with van der Waals surface area (Å²) >= 11 is 5.86. The molecule has 0 aliphatic rings. The van der Waals surface area contributed by atoms with Crippen molar-refractivity contribution >= 4 is 21.6 Å². The van der Waals surface area contributed by atoms with Gasteiger partial charge in [-0.3, -0.25) is 0 Å². The molecule has 0 amide bonds. The Labute approximate surface area is 128 Å². The van der Waals surface area contributed by atoms with Crippen LogP contribution in [0.4, 0.5) is 0 Å². The highest BCUT2D eigenvalue weighted by atomic mass is 35.5. The van der Waals surface area contributed by atoms with Gasteiger partial charge >= 0.3 is 0 Å². The normalized spacial score (nSPS) is 11.3. The molecule has 1 aromatic carbocycles. The van der Waals surface area contributed by atoms with Crippen LogP contribution in [0.25, 0.3) is 0 Å². The molecule has 0 atom stereocenters. The summed E-state index contributed by atoms with van der Waals surface area (Å²) in [6, 6.07) is 13.8. The van der Waals surface area contributed by atoms with E-state index < -0.39 is 10.0 Å². The van der Waals surface area contributed by atoms with Crippen LogP contribution in [0.3, 0.4) is 0 Å². The van der Waals surface area contributed by atoms with E-state index in [1.807, 2.05) is 24.3 Å². The van der Waals surface area contributed by atoms with Crippen molar-refractivity contribution in [2.24, 2.45) is 0 Å². The zero-order valence-electron chi connectivity index (χ0n) is 11.0. The van der Waals surface area contributed by atoms with E-state index in [0.717, 1.165) is 9.87 Å². The summed E-state index contributed by atoms with van der Waals surface area (Å²) in [5.74, 6) is 0. The molecule has 0 bridgehead atoms. The molecule has 0 fully saturated rings. The Morgan fingerprint density at radius 3 is 2.52 bits per heavy atom. The number of sulfonamides is 1. The van der Waals surface area contributed by atoms with Gasteiger partial charge in [-0.1, -0.05) is 41.9 Å². The lowest BCUT2D eigenvalue weighted by molar-refractivity contribution is 0.441. The molecule has 0 spiro atoms. The molecule has 0 saturated carbocycles. The van der Waals surface area contributed by atoms with Gasteiger partial charge in [0.05, 0.1) is 6.07 Å². The Balaban J connectivity index is 2.38. The summed E-state index contributed by atoms with van der Waals surface area (Å²) in [5.41, 5.74) is 0.788. The Hall–Kier alpha value is -1.94. The topological polar surface area (TPSA) is 74.1 Å². The van der Waals surface area contributed by atoms with Gasteiger partial charge in [-0.15, -0.1) is 0 Å². The Morgan fingerprint density at radius 2 is 1.90 bits per heavy atom. The average Bonchev–Trinajstić information content (AvgIpc) is 2.48. The minimum absolute atomic E-state index is 0.0992. The maximum atomic E-state index is 12.6. The number of nitriles is 1. The lowest BCUT2D eigenvalue weighted by Gasteiger charge is -2.19. The van der Waals surface area contributed by atoms with Gasteiger partial charge in [0.25, 0.3) is 0 Å². The first kappa shape index (κ1) is 15.4. The van der Waals surface area contributed by atoms with Gasteiger partial charge in [-0.05, 0) is 17.7 Å². The summed E-state index contributed by atoms with van der Waals surface area (Å²) in [7, 11) is -3.88. The number of benzene rings is 1. The Morgan fingerprint density at radius 1 is 1.19 bits per heavy atom. The van der Waals surface area contributed by atoms with E-state index in [1.165, 1.54) is 18.3 Å². The monoisotopic (exact) mass is 321 g/mol. The number of rotatable bonds is 5. The largest absolute Gasteiger partial charge is 0.247 e. The van der Waals surface area contributed by atoms with Crippen molar-refractivity contribution in [2.75, 3.05) is 6.54 Å². The molecule has 0 unspecified atom stereocenters. The van der Waals surface area contributed by atoms with E-state index in [2.05, 4.69) is 4.98 Å². The highest BCUT2D eigenvalue weighted by Gasteiger charge is 2.27. The highest BCUT2D eigenvalue weighted by Crippen LogP contribution is 2.23. The molecule has 0 saturated heterocycles. The third kappa shape index (κ3) is 3.58. The molecule has 0 radical (unpaired) electrons. The van der Waals surface area contributed by atoms with Crippen molar-refractivity contribution < 1.29 is 8.42 Å². The molecule has 7 heteroatoms. The SMILES string of the molecule is N#CCN(Cc1ccccc1)S(=O)(=O)c1cccnc1Cl. The molecule has 1 aromatic heterocycles. The van der Waals surface area contributed by atoms with Crippen molar-refractivity contribution in [3.63, 3.8) is 0 Å². The van der Waals surface area contributed by atoms with E-state index in [9.17, 15) is 8.42 Å². The smallest absolute Gasteiger partial charge is 0.243 e. The van der Waals surface area contributed by atoms with Gasteiger partial charge in [0.1, 0.15) is 16.6 Å². The van der Waals surface area contributed by atoms with E-state index in [0.29, 0.717) is 0 Å². The molecule has 21 heavy (non-hydrogen) atoms. The number of nitrogens with zero attached hydrogens (tertiary/aromatic N) is 3. The molecule has 0 aliphatic heterocycles. The highest BCUT2D eigenvalue weighted by molar-refractivity contribution is 7.89. The van der Waals surface area contributed by atoms with Crippen LogP contribution < -0.4 is 0 Å². The maximum absolute atomic E-state index is 12.6. The van der Waals surface area contributed by atoms with Gasteiger partial charge in [-0.25, -0.2) is 13.4 Å².